The summed E-state index contributed by atoms with van der Waals surface area (Å²) in [5.74, 6) is 0. The molecular weight excluding hydrogens is 474 g/mol. The number of hydrogen-bond donors (Lipinski definition) is 4. The zero-order valence-electron chi connectivity index (χ0n) is 13.9. The van der Waals surface area contributed by atoms with E-state index in [1.54, 1.807) is 0 Å². The number of nitrogens with one attached hydrogen (secondary N) is 4. The second kappa shape index (κ2) is 9.92. The second-order valence-corrected chi connectivity index (χ2v) is 18.5. The van der Waals surface area contributed by atoms with E-state index in [1.165, 1.54) is 0 Å². The first-order valence-corrected chi connectivity index (χ1v) is 17.8. The topological polar surface area (TPSA) is 97.6 Å². The van der Waals surface area contributed by atoms with Gasteiger partial charge in [-0.1, -0.05) is 27.7 Å². The van der Waals surface area contributed by atoms with Crippen LogP contribution in [0.3, 0.4) is 0 Å². The summed E-state index contributed by atoms with van der Waals surface area (Å²) in [6, 6.07) is 0. The van der Waals surface area contributed by atoms with Gasteiger partial charge in [-0.05, 0) is 45.0 Å². The first kappa shape index (κ1) is 24.0. The summed E-state index contributed by atoms with van der Waals surface area (Å²) < 4.78 is 18.3. The van der Waals surface area contributed by atoms with Gasteiger partial charge in [0.2, 0.25) is 26.8 Å². The Morgan fingerprint density at radius 2 is 0.667 bits per heavy atom. The molecule has 0 saturated carbocycles. The average molecular weight is 498 g/mol. The molecule has 16 heteroatoms. The molecule has 1 rings (SSSR count). The molecule has 1 aliphatic rings. The number of halogens is 4. The van der Waals surface area contributed by atoms with Gasteiger partial charge >= 0.3 is 0 Å². The number of nitrogens with zero attached hydrogens (tertiary/aromatic N) is 4. The average Bonchev–Trinajstić information content (AvgIpc) is 2.35. The summed E-state index contributed by atoms with van der Waals surface area (Å²) in [4.78, 5) is 0. The molecular formula is C8H24Cl4N8P4. The van der Waals surface area contributed by atoms with Crippen LogP contribution in [0.25, 0.3) is 0 Å². The third-order valence-electron chi connectivity index (χ3n) is 2.39. The van der Waals surface area contributed by atoms with E-state index in [2.05, 4.69) is 38.4 Å². The van der Waals surface area contributed by atoms with E-state index in [9.17, 15) is 0 Å². The largest absolute Gasteiger partial charge is 0.254 e. The SMILES string of the molecule is CCNP1(Cl)=NP(Cl)(NCC)=NP(Cl)(NCC)=NP(Cl)(NCC)=N1. The molecule has 0 saturated heterocycles. The molecule has 0 bridgehead atoms. The monoisotopic (exact) mass is 496 g/mol. The highest BCUT2D eigenvalue weighted by atomic mass is 35.7. The molecule has 0 radical (unpaired) electrons. The van der Waals surface area contributed by atoms with E-state index in [0.717, 1.165) is 0 Å². The van der Waals surface area contributed by atoms with Gasteiger partial charge in [0.05, 0.1) is 0 Å². The Labute approximate surface area is 163 Å². The minimum absolute atomic E-state index is 0.560. The van der Waals surface area contributed by atoms with Crippen LogP contribution in [-0.2, 0) is 0 Å². The molecule has 8 nitrogen and oxygen atoms in total. The third-order valence-corrected chi connectivity index (χ3v) is 19.1. The zero-order valence-corrected chi connectivity index (χ0v) is 20.5. The molecule has 1 heterocycles. The third kappa shape index (κ3) is 7.15. The van der Waals surface area contributed by atoms with Crippen molar-refractivity contribution in [3.63, 3.8) is 0 Å². The maximum atomic E-state index is 6.66. The van der Waals surface area contributed by atoms with E-state index in [1.807, 2.05) is 27.7 Å². The van der Waals surface area contributed by atoms with E-state index < -0.39 is 26.8 Å². The van der Waals surface area contributed by atoms with Crippen molar-refractivity contribution in [3.05, 3.63) is 0 Å². The quantitative estimate of drug-likeness (QED) is 0.267. The van der Waals surface area contributed by atoms with E-state index in [0.29, 0.717) is 26.2 Å². The zero-order chi connectivity index (χ0) is 18.5. The minimum atomic E-state index is -2.89. The molecule has 4 N–H and O–H groups in total. The van der Waals surface area contributed by atoms with Crippen LogP contribution >= 0.6 is 71.8 Å². The normalized spacial score (nSPS) is 39.7. The maximum Gasteiger partial charge on any atom is 0.236 e. The van der Waals surface area contributed by atoms with Gasteiger partial charge < -0.3 is 0 Å². The molecule has 0 aromatic rings. The molecule has 0 spiro atoms. The number of rotatable bonds is 8. The fourth-order valence-electron chi connectivity index (χ4n) is 1.76. The molecule has 0 amide bonds. The highest BCUT2D eigenvalue weighted by Gasteiger charge is 2.33. The molecule has 0 aromatic carbocycles. The highest BCUT2D eigenvalue weighted by molar-refractivity contribution is 8.07. The van der Waals surface area contributed by atoms with Gasteiger partial charge in [-0.25, -0.2) is 0 Å². The van der Waals surface area contributed by atoms with Crippen LogP contribution in [0.5, 0.6) is 0 Å². The van der Waals surface area contributed by atoms with Crippen molar-refractivity contribution in [2.24, 2.45) is 18.1 Å². The first-order chi connectivity index (χ1) is 11.1. The van der Waals surface area contributed by atoms with E-state index in [4.69, 9.17) is 45.0 Å². The predicted molar refractivity (Wildman–Crippen MR) is 116 cm³/mol. The van der Waals surface area contributed by atoms with E-state index in [-0.39, 0.29) is 0 Å². The Bertz CT molecular complexity index is 530. The molecule has 0 atom stereocenters. The molecule has 144 valence electrons. The molecule has 0 aliphatic carbocycles. The fourth-order valence-corrected chi connectivity index (χ4v) is 22.0. The van der Waals surface area contributed by atoms with Crippen LogP contribution in [0.4, 0.5) is 0 Å². The van der Waals surface area contributed by atoms with Gasteiger partial charge in [-0.2, -0.15) is 18.1 Å². The Kier molecular flexibility index (Phi) is 9.90. The van der Waals surface area contributed by atoms with Crippen LogP contribution in [-0.4, -0.2) is 26.2 Å². The smallest absolute Gasteiger partial charge is 0.236 e. The second-order valence-electron chi connectivity index (χ2n) is 4.51. The lowest BCUT2D eigenvalue weighted by Gasteiger charge is -2.28. The van der Waals surface area contributed by atoms with Crippen molar-refractivity contribution < 1.29 is 0 Å². The highest BCUT2D eigenvalue weighted by Crippen LogP contribution is 2.79. The summed E-state index contributed by atoms with van der Waals surface area (Å²) in [6.07, 6.45) is 0. The van der Waals surface area contributed by atoms with Gasteiger partial charge in [0.1, 0.15) is 0 Å². The van der Waals surface area contributed by atoms with Gasteiger partial charge in [0.15, 0.2) is 0 Å². The van der Waals surface area contributed by atoms with Crippen LogP contribution in [0.15, 0.2) is 18.1 Å². The van der Waals surface area contributed by atoms with Crippen molar-refractivity contribution in [2.75, 3.05) is 26.2 Å². The van der Waals surface area contributed by atoms with Crippen molar-refractivity contribution in [1.82, 2.24) is 20.3 Å². The van der Waals surface area contributed by atoms with Gasteiger partial charge in [0.25, 0.3) is 0 Å². The lowest BCUT2D eigenvalue weighted by atomic mass is 10.8. The predicted octanol–water partition coefficient (Wildman–Crippen LogP) is 7.18. The lowest BCUT2D eigenvalue weighted by Crippen LogP contribution is -2.12. The van der Waals surface area contributed by atoms with E-state index >= 15 is 0 Å². The summed E-state index contributed by atoms with van der Waals surface area (Å²) >= 11 is 26.7. The Balaban J connectivity index is 3.76. The van der Waals surface area contributed by atoms with Gasteiger partial charge in [-0.3, -0.25) is 20.3 Å². The fraction of sp³-hybridized carbons (Fsp3) is 1.00. The van der Waals surface area contributed by atoms with Crippen molar-refractivity contribution in [3.8, 4) is 0 Å². The van der Waals surface area contributed by atoms with Crippen molar-refractivity contribution >= 4 is 71.8 Å². The van der Waals surface area contributed by atoms with Crippen LogP contribution in [0.1, 0.15) is 27.7 Å². The van der Waals surface area contributed by atoms with Crippen LogP contribution in [0.2, 0.25) is 0 Å². The molecule has 0 unspecified atom stereocenters. The van der Waals surface area contributed by atoms with Crippen LogP contribution < -0.4 is 20.3 Å². The van der Waals surface area contributed by atoms with Crippen molar-refractivity contribution in [2.45, 2.75) is 27.7 Å². The lowest BCUT2D eigenvalue weighted by molar-refractivity contribution is 0.994. The van der Waals surface area contributed by atoms with Crippen molar-refractivity contribution in [1.29, 1.82) is 0 Å². The Morgan fingerprint density at radius 3 is 0.792 bits per heavy atom. The molecule has 24 heavy (non-hydrogen) atoms. The summed E-state index contributed by atoms with van der Waals surface area (Å²) in [5.41, 5.74) is 0. The molecule has 0 aromatic heterocycles. The number of hydrogen-bond acceptors (Lipinski definition) is 8. The minimum Gasteiger partial charge on any atom is -0.254 e. The van der Waals surface area contributed by atoms with Gasteiger partial charge in [-0.15, -0.1) is 0 Å². The summed E-state index contributed by atoms with van der Waals surface area (Å²) in [5, 5.41) is 12.4. The standard InChI is InChI=1S/C8H24Cl4N8P4/c1-5-13-21(9)17-22(10,14-6-2)19-24(12,16-8-4)20-23(11,18-21)15-7-3/h13-16H,5-8H2,1-4H3. The molecule has 1 aliphatic heterocycles. The first-order valence-electron chi connectivity index (χ1n) is 7.41. The Morgan fingerprint density at radius 1 is 0.500 bits per heavy atom. The summed E-state index contributed by atoms with van der Waals surface area (Å²) in [6.45, 7) is -1.68. The van der Waals surface area contributed by atoms with Gasteiger partial charge in [0, 0.05) is 26.2 Å². The molecule has 0 fully saturated rings. The maximum absolute atomic E-state index is 6.66. The van der Waals surface area contributed by atoms with Crippen LogP contribution in [0, 0.1) is 0 Å². The Hall–Kier alpha value is 1.92. The summed E-state index contributed by atoms with van der Waals surface area (Å²) in [7, 11) is 0.